The van der Waals surface area contributed by atoms with Gasteiger partial charge in [-0.05, 0) is 50.0 Å². The SMILES string of the molecule is CN1CCCC(CNC2COCc3ccccc32)C1. The minimum atomic E-state index is 0.372. The number of nitrogens with one attached hydrogen (secondary N) is 1. The first-order valence-corrected chi connectivity index (χ1v) is 7.40. The Kier molecular flexibility index (Phi) is 4.16. The van der Waals surface area contributed by atoms with Gasteiger partial charge < -0.3 is 15.0 Å². The lowest BCUT2D eigenvalue weighted by Gasteiger charge is -2.32. The summed E-state index contributed by atoms with van der Waals surface area (Å²) >= 11 is 0. The van der Waals surface area contributed by atoms with Crippen LogP contribution in [0, 0.1) is 5.92 Å². The van der Waals surface area contributed by atoms with E-state index in [-0.39, 0.29) is 0 Å². The number of nitrogens with zero attached hydrogens (tertiary/aromatic N) is 1. The van der Waals surface area contributed by atoms with Gasteiger partial charge in [0.1, 0.15) is 0 Å². The molecule has 1 fully saturated rings. The lowest BCUT2D eigenvalue weighted by atomic mass is 9.96. The number of benzene rings is 1. The molecule has 3 heteroatoms. The van der Waals surface area contributed by atoms with Crippen molar-refractivity contribution in [2.24, 2.45) is 5.92 Å². The minimum Gasteiger partial charge on any atom is -0.375 e. The fourth-order valence-corrected chi connectivity index (χ4v) is 3.30. The average molecular weight is 260 g/mol. The summed E-state index contributed by atoms with van der Waals surface area (Å²) < 4.78 is 5.70. The van der Waals surface area contributed by atoms with E-state index < -0.39 is 0 Å². The van der Waals surface area contributed by atoms with E-state index in [1.165, 1.54) is 37.1 Å². The number of fused-ring (bicyclic) bond motifs is 1. The van der Waals surface area contributed by atoms with Gasteiger partial charge >= 0.3 is 0 Å². The van der Waals surface area contributed by atoms with Gasteiger partial charge in [0.2, 0.25) is 0 Å². The molecule has 19 heavy (non-hydrogen) atoms. The fourth-order valence-electron chi connectivity index (χ4n) is 3.30. The molecular formula is C16H24N2O. The zero-order valence-electron chi connectivity index (χ0n) is 11.8. The molecule has 0 amide bonds. The maximum Gasteiger partial charge on any atom is 0.0721 e. The summed E-state index contributed by atoms with van der Waals surface area (Å²) in [5.74, 6) is 0.785. The van der Waals surface area contributed by atoms with Crippen LogP contribution in [0.3, 0.4) is 0 Å². The molecule has 1 aromatic rings. The van der Waals surface area contributed by atoms with E-state index in [1.807, 2.05) is 0 Å². The summed E-state index contributed by atoms with van der Waals surface area (Å²) in [5.41, 5.74) is 2.77. The van der Waals surface area contributed by atoms with Crippen LogP contribution in [0.1, 0.15) is 30.0 Å². The molecule has 1 N–H and O–H groups in total. The van der Waals surface area contributed by atoms with E-state index in [0.29, 0.717) is 6.04 Å². The molecule has 1 aromatic carbocycles. The van der Waals surface area contributed by atoms with Crippen LogP contribution in [0.4, 0.5) is 0 Å². The molecule has 0 bridgehead atoms. The zero-order chi connectivity index (χ0) is 13.1. The largest absolute Gasteiger partial charge is 0.375 e. The van der Waals surface area contributed by atoms with Crippen LogP contribution < -0.4 is 5.32 Å². The summed E-state index contributed by atoms with van der Waals surface area (Å²) in [6.45, 7) is 5.15. The third kappa shape index (κ3) is 3.16. The normalized spacial score (nSPS) is 28.1. The summed E-state index contributed by atoms with van der Waals surface area (Å²) in [6.07, 6.45) is 2.69. The molecule has 0 aromatic heterocycles. The average Bonchev–Trinajstić information content (AvgIpc) is 2.45. The molecule has 2 heterocycles. The van der Waals surface area contributed by atoms with Gasteiger partial charge in [-0.2, -0.15) is 0 Å². The molecule has 0 aliphatic carbocycles. The van der Waals surface area contributed by atoms with Crippen LogP contribution in [-0.4, -0.2) is 38.2 Å². The predicted octanol–water partition coefficient (Wildman–Crippen LogP) is 2.19. The first kappa shape index (κ1) is 13.1. The smallest absolute Gasteiger partial charge is 0.0721 e. The molecule has 0 saturated carbocycles. The highest BCUT2D eigenvalue weighted by atomic mass is 16.5. The van der Waals surface area contributed by atoms with Gasteiger partial charge in [0.05, 0.1) is 19.3 Å². The second-order valence-electron chi connectivity index (χ2n) is 5.95. The maximum absolute atomic E-state index is 5.70. The Balaban J connectivity index is 1.59. The van der Waals surface area contributed by atoms with Crippen LogP contribution in [-0.2, 0) is 11.3 Å². The van der Waals surface area contributed by atoms with Crippen molar-refractivity contribution in [2.45, 2.75) is 25.5 Å². The van der Waals surface area contributed by atoms with Gasteiger partial charge in [-0.15, -0.1) is 0 Å². The minimum absolute atomic E-state index is 0.372. The maximum atomic E-state index is 5.70. The second-order valence-corrected chi connectivity index (χ2v) is 5.95. The Labute approximate surface area is 115 Å². The quantitative estimate of drug-likeness (QED) is 0.901. The second kappa shape index (κ2) is 6.04. The van der Waals surface area contributed by atoms with Crippen molar-refractivity contribution < 1.29 is 4.74 Å². The number of piperidine rings is 1. The lowest BCUT2D eigenvalue weighted by Crippen LogP contribution is -2.40. The Morgan fingerprint density at radius 2 is 2.26 bits per heavy atom. The molecule has 0 radical (unpaired) electrons. The van der Waals surface area contributed by atoms with Gasteiger partial charge in [-0.25, -0.2) is 0 Å². The predicted molar refractivity (Wildman–Crippen MR) is 77.1 cm³/mol. The molecule has 2 unspecified atom stereocenters. The first-order valence-electron chi connectivity index (χ1n) is 7.40. The van der Waals surface area contributed by atoms with E-state index in [2.05, 4.69) is 41.5 Å². The molecule has 3 rings (SSSR count). The molecule has 3 nitrogen and oxygen atoms in total. The number of hydrogen-bond acceptors (Lipinski definition) is 3. The van der Waals surface area contributed by atoms with Crippen LogP contribution in [0.25, 0.3) is 0 Å². The van der Waals surface area contributed by atoms with E-state index in [1.54, 1.807) is 0 Å². The number of ether oxygens (including phenoxy) is 1. The highest BCUT2D eigenvalue weighted by Gasteiger charge is 2.22. The van der Waals surface area contributed by atoms with E-state index in [9.17, 15) is 0 Å². The molecule has 1 saturated heterocycles. The molecular weight excluding hydrogens is 236 g/mol. The van der Waals surface area contributed by atoms with Gasteiger partial charge in [0, 0.05) is 6.54 Å². The highest BCUT2D eigenvalue weighted by Crippen LogP contribution is 2.25. The van der Waals surface area contributed by atoms with E-state index >= 15 is 0 Å². The summed E-state index contributed by atoms with van der Waals surface area (Å²) in [4.78, 5) is 2.45. The number of rotatable bonds is 3. The van der Waals surface area contributed by atoms with Crippen molar-refractivity contribution in [3.05, 3.63) is 35.4 Å². The van der Waals surface area contributed by atoms with Crippen molar-refractivity contribution in [3.63, 3.8) is 0 Å². The monoisotopic (exact) mass is 260 g/mol. The van der Waals surface area contributed by atoms with Crippen molar-refractivity contribution in [1.82, 2.24) is 10.2 Å². The molecule has 2 aliphatic rings. The van der Waals surface area contributed by atoms with Crippen LogP contribution in [0.2, 0.25) is 0 Å². The summed E-state index contributed by atoms with van der Waals surface area (Å²) in [7, 11) is 2.23. The van der Waals surface area contributed by atoms with Gasteiger partial charge in [0.25, 0.3) is 0 Å². The summed E-state index contributed by atoms with van der Waals surface area (Å²) in [6, 6.07) is 9.02. The van der Waals surface area contributed by atoms with Crippen molar-refractivity contribution in [1.29, 1.82) is 0 Å². The highest BCUT2D eigenvalue weighted by molar-refractivity contribution is 5.31. The van der Waals surface area contributed by atoms with E-state index in [0.717, 1.165) is 25.7 Å². The number of likely N-dealkylation sites (tertiary alicyclic amines) is 1. The van der Waals surface area contributed by atoms with Gasteiger partial charge in [-0.3, -0.25) is 0 Å². The molecule has 104 valence electrons. The Bertz CT molecular complexity index is 421. The van der Waals surface area contributed by atoms with Crippen molar-refractivity contribution in [2.75, 3.05) is 33.3 Å². The lowest BCUT2D eigenvalue weighted by molar-refractivity contribution is 0.0789. The summed E-state index contributed by atoms with van der Waals surface area (Å²) in [5, 5.41) is 3.72. The Morgan fingerprint density at radius 3 is 3.16 bits per heavy atom. The van der Waals surface area contributed by atoms with Crippen molar-refractivity contribution in [3.8, 4) is 0 Å². The van der Waals surface area contributed by atoms with Gasteiger partial charge in [0.15, 0.2) is 0 Å². The van der Waals surface area contributed by atoms with E-state index in [4.69, 9.17) is 4.74 Å². The third-order valence-corrected chi connectivity index (χ3v) is 4.35. The van der Waals surface area contributed by atoms with Crippen LogP contribution in [0.5, 0.6) is 0 Å². The van der Waals surface area contributed by atoms with Crippen molar-refractivity contribution >= 4 is 0 Å². The standard InChI is InChI=1S/C16H24N2O/c1-18-8-4-5-13(10-18)9-17-16-12-19-11-14-6-2-3-7-15(14)16/h2-3,6-7,13,16-17H,4-5,8-12H2,1H3. The molecule has 2 aliphatic heterocycles. The third-order valence-electron chi connectivity index (χ3n) is 4.35. The van der Waals surface area contributed by atoms with Gasteiger partial charge in [-0.1, -0.05) is 24.3 Å². The number of hydrogen-bond donors (Lipinski definition) is 1. The zero-order valence-corrected chi connectivity index (χ0v) is 11.8. The topological polar surface area (TPSA) is 24.5 Å². The Morgan fingerprint density at radius 1 is 1.37 bits per heavy atom. The Hall–Kier alpha value is -0.900. The molecule has 2 atom stereocenters. The van der Waals surface area contributed by atoms with Crippen LogP contribution >= 0.6 is 0 Å². The fraction of sp³-hybridized carbons (Fsp3) is 0.625. The first-order chi connectivity index (χ1) is 9.33. The van der Waals surface area contributed by atoms with Crippen LogP contribution in [0.15, 0.2) is 24.3 Å². The molecule has 0 spiro atoms.